The zero-order chi connectivity index (χ0) is 10.8. The Balaban J connectivity index is 2.07. The number of hydrogen-bond acceptors (Lipinski definition) is 2. The maximum absolute atomic E-state index is 5.65. The average molecular weight is 227 g/mol. The topological polar surface area (TPSA) is 9.23 Å². The second-order valence-electron chi connectivity index (χ2n) is 3.66. The molecule has 1 atom stereocenters. The Morgan fingerprint density at radius 3 is 3.06 bits per heavy atom. The highest BCUT2D eigenvalue weighted by Crippen LogP contribution is 2.34. The van der Waals surface area contributed by atoms with Crippen LogP contribution in [0.5, 0.6) is 0 Å². The van der Waals surface area contributed by atoms with Gasteiger partial charge in [0.1, 0.15) is 6.10 Å². The van der Waals surface area contributed by atoms with Crippen LogP contribution >= 0.6 is 11.3 Å². The summed E-state index contributed by atoms with van der Waals surface area (Å²) in [5.41, 5.74) is 2.37. The van der Waals surface area contributed by atoms with E-state index in [9.17, 15) is 0 Å². The summed E-state index contributed by atoms with van der Waals surface area (Å²) in [4.78, 5) is 1.25. The summed E-state index contributed by atoms with van der Waals surface area (Å²) < 4.78 is 5.65. The molecule has 3 rings (SSSR count). The molecule has 0 spiro atoms. The van der Waals surface area contributed by atoms with Crippen molar-refractivity contribution >= 4 is 11.3 Å². The highest BCUT2D eigenvalue weighted by molar-refractivity contribution is 7.13. The third-order valence-corrected chi connectivity index (χ3v) is 3.53. The van der Waals surface area contributed by atoms with Crippen LogP contribution in [0.25, 0.3) is 10.4 Å². The largest absolute Gasteiger partial charge is 0.365 e. The van der Waals surface area contributed by atoms with Gasteiger partial charge in [0.25, 0.3) is 0 Å². The first-order valence-electron chi connectivity index (χ1n) is 5.28. The standard InChI is InChI=1S/C14H11OS/c1-2-6-12(14-8-4-10-16-14)11(5-1)13-7-3-9-15-13/h1-5,7-8,10,13H,9H2. The Kier molecular flexibility index (Phi) is 2.60. The molecule has 0 aliphatic carbocycles. The van der Waals surface area contributed by atoms with Crippen LogP contribution in [0.4, 0.5) is 0 Å². The van der Waals surface area contributed by atoms with E-state index in [4.69, 9.17) is 4.74 Å². The molecule has 0 saturated carbocycles. The lowest BCUT2D eigenvalue weighted by molar-refractivity contribution is 0.130. The minimum absolute atomic E-state index is 0.0922. The van der Waals surface area contributed by atoms with Crippen molar-refractivity contribution in [1.82, 2.24) is 0 Å². The lowest BCUT2D eigenvalue weighted by Gasteiger charge is -2.12. The smallest absolute Gasteiger partial charge is 0.102 e. The zero-order valence-corrected chi connectivity index (χ0v) is 9.54. The molecule has 0 amide bonds. The van der Waals surface area contributed by atoms with Gasteiger partial charge in [-0.15, -0.1) is 11.3 Å². The lowest BCUT2D eigenvalue weighted by atomic mass is 10.0. The molecular weight excluding hydrogens is 216 g/mol. The molecule has 2 heterocycles. The van der Waals surface area contributed by atoms with E-state index in [1.54, 1.807) is 11.3 Å². The van der Waals surface area contributed by atoms with Crippen LogP contribution < -0.4 is 0 Å². The second kappa shape index (κ2) is 4.24. The summed E-state index contributed by atoms with van der Waals surface area (Å²) in [7, 11) is 0. The molecule has 0 saturated heterocycles. The fourth-order valence-corrected chi connectivity index (χ4v) is 2.66. The Bertz CT molecular complexity index is 499. The highest BCUT2D eigenvalue weighted by atomic mass is 32.1. The molecule has 1 aromatic carbocycles. The van der Waals surface area contributed by atoms with E-state index in [0.29, 0.717) is 6.61 Å². The summed E-state index contributed by atoms with van der Waals surface area (Å²) in [5.74, 6) is 0. The minimum Gasteiger partial charge on any atom is -0.365 e. The third kappa shape index (κ3) is 1.70. The Hall–Kier alpha value is -1.38. The summed E-state index contributed by atoms with van der Waals surface area (Å²) in [6, 6.07) is 13.6. The number of benzene rings is 1. The van der Waals surface area contributed by atoms with Gasteiger partial charge in [-0.1, -0.05) is 36.4 Å². The maximum atomic E-state index is 5.65. The summed E-state index contributed by atoms with van der Waals surface area (Å²) >= 11 is 1.74. The van der Waals surface area contributed by atoms with Crippen LogP contribution in [-0.4, -0.2) is 6.61 Å². The van der Waals surface area contributed by atoms with Crippen LogP contribution in [0.2, 0.25) is 0 Å². The quantitative estimate of drug-likeness (QED) is 0.708. The SMILES string of the molecule is [c]1cccc(C2C=CCO2)c1-c1cccs1. The molecule has 1 aromatic heterocycles. The van der Waals surface area contributed by atoms with Crippen LogP contribution in [0.3, 0.4) is 0 Å². The van der Waals surface area contributed by atoms with E-state index in [-0.39, 0.29) is 6.10 Å². The van der Waals surface area contributed by atoms with Gasteiger partial charge < -0.3 is 4.74 Å². The van der Waals surface area contributed by atoms with Crippen molar-refractivity contribution in [1.29, 1.82) is 0 Å². The maximum Gasteiger partial charge on any atom is 0.102 e. The summed E-state index contributed by atoms with van der Waals surface area (Å²) in [5, 5.41) is 2.09. The van der Waals surface area contributed by atoms with Gasteiger partial charge in [0.15, 0.2) is 0 Å². The fourth-order valence-electron chi connectivity index (χ4n) is 1.91. The summed E-state index contributed by atoms with van der Waals surface area (Å²) in [6.07, 6.45) is 4.27. The van der Waals surface area contributed by atoms with Gasteiger partial charge in [-0.05, 0) is 23.1 Å². The van der Waals surface area contributed by atoms with Gasteiger partial charge in [-0.25, -0.2) is 0 Å². The fraction of sp³-hybridized carbons (Fsp3) is 0.143. The van der Waals surface area contributed by atoms with Crippen molar-refractivity contribution in [3.8, 4) is 10.4 Å². The van der Waals surface area contributed by atoms with Gasteiger partial charge in [0, 0.05) is 10.4 Å². The lowest BCUT2D eigenvalue weighted by Crippen LogP contribution is -1.97. The molecule has 0 N–H and O–H groups in total. The average Bonchev–Trinajstić information content (AvgIpc) is 3.03. The van der Waals surface area contributed by atoms with Crippen LogP contribution in [0, 0.1) is 6.07 Å². The number of rotatable bonds is 2. The van der Waals surface area contributed by atoms with Crippen LogP contribution in [0.1, 0.15) is 11.7 Å². The highest BCUT2D eigenvalue weighted by Gasteiger charge is 2.16. The number of ether oxygens (including phenoxy) is 1. The van der Waals surface area contributed by atoms with Crippen molar-refractivity contribution < 1.29 is 4.74 Å². The predicted octanol–water partition coefficient (Wildman–Crippen LogP) is 3.84. The van der Waals surface area contributed by atoms with Gasteiger partial charge in [-0.2, -0.15) is 0 Å². The van der Waals surface area contributed by atoms with Gasteiger partial charge >= 0.3 is 0 Å². The molecule has 2 heteroatoms. The number of thiophene rings is 1. The molecule has 0 fully saturated rings. The van der Waals surface area contributed by atoms with Crippen molar-refractivity contribution in [2.75, 3.05) is 6.61 Å². The molecular formula is C14H11OS. The molecule has 79 valence electrons. The van der Waals surface area contributed by atoms with E-state index in [2.05, 4.69) is 41.8 Å². The van der Waals surface area contributed by atoms with E-state index < -0.39 is 0 Å². The van der Waals surface area contributed by atoms with Crippen molar-refractivity contribution in [3.63, 3.8) is 0 Å². The molecule has 1 unspecified atom stereocenters. The summed E-state index contributed by atoms with van der Waals surface area (Å²) in [6.45, 7) is 0.712. The Labute approximate surface area is 99.0 Å². The molecule has 16 heavy (non-hydrogen) atoms. The van der Waals surface area contributed by atoms with Gasteiger partial charge in [0.2, 0.25) is 0 Å². The Morgan fingerprint density at radius 2 is 2.31 bits per heavy atom. The van der Waals surface area contributed by atoms with Gasteiger partial charge in [0.05, 0.1) is 6.61 Å². The predicted molar refractivity (Wildman–Crippen MR) is 66.4 cm³/mol. The van der Waals surface area contributed by atoms with Crippen molar-refractivity contribution in [2.24, 2.45) is 0 Å². The minimum atomic E-state index is 0.0922. The van der Waals surface area contributed by atoms with Crippen LogP contribution in [-0.2, 0) is 4.74 Å². The molecule has 2 aromatic rings. The van der Waals surface area contributed by atoms with E-state index in [1.165, 1.54) is 10.4 Å². The number of hydrogen-bond donors (Lipinski definition) is 0. The monoisotopic (exact) mass is 227 g/mol. The molecule has 1 radical (unpaired) electrons. The molecule has 1 nitrogen and oxygen atoms in total. The van der Waals surface area contributed by atoms with E-state index in [0.717, 1.165) is 5.56 Å². The van der Waals surface area contributed by atoms with E-state index >= 15 is 0 Å². The molecule has 1 aliphatic rings. The third-order valence-electron chi connectivity index (χ3n) is 2.65. The first kappa shape index (κ1) is 9.82. The zero-order valence-electron chi connectivity index (χ0n) is 8.72. The van der Waals surface area contributed by atoms with Crippen molar-refractivity contribution in [3.05, 3.63) is 59.5 Å². The molecule has 1 aliphatic heterocycles. The molecule has 0 bridgehead atoms. The van der Waals surface area contributed by atoms with Crippen molar-refractivity contribution in [2.45, 2.75) is 6.10 Å². The normalized spacial score (nSPS) is 19.1. The van der Waals surface area contributed by atoms with Crippen LogP contribution in [0.15, 0.2) is 47.9 Å². The second-order valence-corrected chi connectivity index (χ2v) is 4.61. The van der Waals surface area contributed by atoms with E-state index in [1.807, 2.05) is 12.1 Å². The first-order chi connectivity index (χ1) is 7.95. The first-order valence-corrected chi connectivity index (χ1v) is 6.16. The Morgan fingerprint density at radius 1 is 1.31 bits per heavy atom. The van der Waals surface area contributed by atoms with Gasteiger partial charge in [-0.3, -0.25) is 0 Å².